The van der Waals surface area contributed by atoms with E-state index in [9.17, 15) is 14.7 Å². The molecule has 1 amide bonds. The zero-order valence-corrected chi connectivity index (χ0v) is 14.7. The molecule has 0 saturated carbocycles. The summed E-state index contributed by atoms with van der Waals surface area (Å²) in [5, 5.41) is 13.5. The Hall–Kier alpha value is -3.19. The van der Waals surface area contributed by atoms with E-state index in [-0.39, 0.29) is 16.5 Å². The van der Waals surface area contributed by atoms with Crippen LogP contribution in [-0.4, -0.2) is 17.0 Å². The van der Waals surface area contributed by atoms with Gasteiger partial charge in [-0.05, 0) is 30.7 Å². The molecule has 0 radical (unpaired) electrons. The number of carboxylic acids is 1. The van der Waals surface area contributed by atoms with Crippen LogP contribution in [0.4, 0.5) is 11.4 Å². The fourth-order valence-electron chi connectivity index (χ4n) is 2.30. The molecular formula is C19H16N2O4S. The average molecular weight is 368 g/mol. The molecule has 0 fully saturated rings. The highest BCUT2D eigenvalue weighted by atomic mass is 32.1. The lowest BCUT2D eigenvalue weighted by Crippen LogP contribution is -2.11. The van der Waals surface area contributed by atoms with E-state index in [1.807, 2.05) is 18.2 Å². The monoisotopic (exact) mass is 368 g/mol. The molecule has 3 rings (SSSR count). The summed E-state index contributed by atoms with van der Waals surface area (Å²) in [6.45, 7) is 1.60. The molecule has 0 spiro atoms. The highest BCUT2D eigenvalue weighted by Crippen LogP contribution is 2.26. The number of benzene rings is 2. The van der Waals surface area contributed by atoms with E-state index in [1.165, 1.54) is 11.3 Å². The van der Waals surface area contributed by atoms with Crippen molar-refractivity contribution in [2.45, 2.75) is 12.8 Å². The molecule has 1 atom stereocenters. The smallest absolute Gasteiger partial charge is 0.310 e. The third-order valence-electron chi connectivity index (χ3n) is 3.70. The second-order valence-corrected chi connectivity index (χ2v) is 6.34. The predicted octanol–water partition coefficient (Wildman–Crippen LogP) is 4.01. The second-order valence-electron chi connectivity index (χ2n) is 5.52. The molecule has 0 aliphatic carbocycles. The summed E-state index contributed by atoms with van der Waals surface area (Å²) in [6.07, 6.45) is 0. The number of anilines is 1. The number of carbonyl (C=O) groups excluding carboxylic acids is 1. The number of amides is 1. The van der Waals surface area contributed by atoms with Gasteiger partial charge in [0.15, 0.2) is 0 Å². The van der Waals surface area contributed by atoms with Gasteiger partial charge in [-0.15, -0.1) is 0 Å². The maximum absolute atomic E-state index is 12.2. The van der Waals surface area contributed by atoms with Gasteiger partial charge in [0, 0.05) is 11.1 Å². The Morgan fingerprint density at radius 3 is 2.54 bits per heavy atom. The Morgan fingerprint density at radius 1 is 1.12 bits per heavy atom. The molecule has 26 heavy (non-hydrogen) atoms. The van der Waals surface area contributed by atoms with Gasteiger partial charge in [0.25, 0.3) is 10.8 Å². The number of hydrogen-bond acceptors (Lipinski definition) is 5. The van der Waals surface area contributed by atoms with Crippen molar-refractivity contribution in [2.75, 3.05) is 5.32 Å². The zero-order valence-electron chi connectivity index (χ0n) is 13.9. The van der Waals surface area contributed by atoms with Crippen molar-refractivity contribution in [2.24, 2.45) is 4.99 Å². The maximum atomic E-state index is 12.2. The number of hydrogen-bond donors (Lipinski definition) is 2. The maximum Gasteiger partial charge on any atom is 0.310 e. The molecule has 6 nitrogen and oxygen atoms in total. The highest BCUT2D eigenvalue weighted by Gasteiger charge is 2.17. The van der Waals surface area contributed by atoms with E-state index in [4.69, 9.17) is 4.42 Å². The Kier molecular flexibility index (Phi) is 5.28. The third kappa shape index (κ3) is 4.07. The summed E-state index contributed by atoms with van der Waals surface area (Å²) < 4.78 is 5.51. The molecule has 7 heteroatoms. The van der Waals surface area contributed by atoms with Crippen LogP contribution in [0.2, 0.25) is 0 Å². The molecule has 2 N–H and O–H groups in total. The molecule has 2 aromatic carbocycles. The highest BCUT2D eigenvalue weighted by molar-refractivity contribution is 7.07. The molecular weight excluding hydrogens is 352 g/mol. The number of aliphatic carboxylic acids is 1. The Bertz CT molecular complexity index is 992. The molecule has 0 aliphatic rings. The van der Waals surface area contributed by atoms with E-state index < -0.39 is 11.9 Å². The van der Waals surface area contributed by atoms with Gasteiger partial charge in [-0.1, -0.05) is 47.7 Å². The van der Waals surface area contributed by atoms with Crippen LogP contribution in [0.25, 0.3) is 0 Å². The summed E-state index contributed by atoms with van der Waals surface area (Å²) >= 11 is 1.17. The summed E-state index contributed by atoms with van der Waals surface area (Å²) in [6, 6.07) is 16.0. The summed E-state index contributed by atoms with van der Waals surface area (Å²) in [5.74, 6) is -1.86. The minimum atomic E-state index is -0.932. The van der Waals surface area contributed by atoms with Gasteiger partial charge in [0.05, 0.1) is 11.6 Å². The van der Waals surface area contributed by atoms with E-state index in [0.29, 0.717) is 16.9 Å². The van der Waals surface area contributed by atoms with E-state index in [2.05, 4.69) is 10.3 Å². The number of para-hydroxylation sites is 2. The van der Waals surface area contributed by atoms with Gasteiger partial charge in [-0.2, -0.15) is 0 Å². The van der Waals surface area contributed by atoms with Crippen molar-refractivity contribution in [1.29, 1.82) is 0 Å². The van der Waals surface area contributed by atoms with Gasteiger partial charge >= 0.3 is 5.97 Å². The Labute approximate surface area is 153 Å². The number of nitrogens with zero attached hydrogens (tertiary/aromatic N) is 1. The molecule has 132 valence electrons. The SMILES string of the molecule is CC(C(=O)O)c1ccccc1N=c1oc(C(=O)Nc2ccccc2)cs1. The van der Waals surface area contributed by atoms with Crippen molar-refractivity contribution in [3.63, 3.8) is 0 Å². The number of rotatable bonds is 5. The van der Waals surface area contributed by atoms with Crippen LogP contribution in [0, 0.1) is 0 Å². The number of carboxylic acid groups (broad SMARTS) is 1. The first-order chi connectivity index (χ1) is 12.5. The van der Waals surface area contributed by atoms with Crippen molar-refractivity contribution >= 4 is 34.6 Å². The Balaban J connectivity index is 1.86. The summed E-state index contributed by atoms with van der Waals surface area (Å²) in [5.41, 5.74) is 1.75. The van der Waals surface area contributed by atoms with E-state index >= 15 is 0 Å². The first-order valence-corrected chi connectivity index (χ1v) is 8.74. The Morgan fingerprint density at radius 2 is 1.81 bits per heavy atom. The second kappa shape index (κ2) is 7.79. The van der Waals surface area contributed by atoms with Crippen molar-refractivity contribution in [3.05, 3.63) is 76.2 Å². The van der Waals surface area contributed by atoms with Crippen LogP contribution in [0.1, 0.15) is 29.0 Å². The molecule has 1 aromatic heterocycles. The number of nitrogens with one attached hydrogen (secondary N) is 1. The van der Waals surface area contributed by atoms with Gasteiger partial charge in [0.1, 0.15) is 0 Å². The topological polar surface area (TPSA) is 91.9 Å². The van der Waals surface area contributed by atoms with Crippen LogP contribution >= 0.6 is 11.3 Å². The standard InChI is InChI=1S/C19H16N2O4S/c1-12(18(23)24)14-9-5-6-10-15(14)21-19-25-16(11-26-19)17(22)20-13-7-3-2-4-8-13/h2-12H,1H3,(H,20,22)(H,23,24). The molecule has 0 saturated heterocycles. The van der Waals surface area contributed by atoms with E-state index in [0.717, 1.165) is 0 Å². The van der Waals surface area contributed by atoms with Crippen LogP contribution in [0.15, 0.2) is 69.4 Å². The van der Waals surface area contributed by atoms with Crippen LogP contribution < -0.4 is 10.2 Å². The molecule has 0 bridgehead atoms. The molecule has 3 aromatic rings. The van der Waals surface area contributed by atoms with Gasteiger partial charge in [0.2, 0.25) is 5.76 Å². The van der Waals surface area contributed by atoms with Crippen LogP contribution in [0.3, 0.4) is 0 Å². The normalized spacial score (nSPS) is 12.6. The van der Waals surface area contributed by atoms with E-state index in [1.54, 1.807) is 48.7 Å². The lowest BCUT2D eigenvalue weighted by molar-refractivity contribution is -0.138. The average Bonchev–Trinajstić information content (AvgIpc) is 3.11. The van der Waals surface area contributed by atoms with Crippen LogP contribution in [0.5, 0.6) is 0 Å². The fourth-order valence-corrected chi connectivity index (χ4v) is 2.95. The van der Waals surface area contributed by atoms with Crippen LogP contribution in [-0.2, 0) is 4.79 Å². The lowest BCUT2D eigenvalue weighted by Gasteiger charge is -2.08. The predicted molar refractivity (Wildman–Crippen MR) is 98.7 cm³/mol. The summed E-state index contributed by atoms with van der Waals surface area (Å²) in [7, 11) is 0. The first-order valence-electron chi connectivity index (χ1n) is 7.86. The van der Waals surface area contributed by atoms with Gasteiger partial charge < -0.3 is 14.8 Å². The zero-order chi connectivity index (χ0) is 18.5. The first kappa shape index (κ1) is 17.6. The summed E-state index contributed by atoms with van der Waals surface area (Å²) in [4.78, 5) is 28.1. The quantitative estimate of drug-likeness (QED) is 0.712. The van der Waals surface area contributed by atoms with Crippen molar-refractivity contribution < 1.29 is 19.1 Å². The van der Waals surface area contributed by atoms with Gasteiger partial charge in [-0.25, -0.2) is 4.99 Å². The third-order valence-corrected chi connectivity index (χ3v) is 4.41. The minimum Gasteiger partial charge on any atom is -0.481 e. The lowest BCUT2D eigenvalue weighted by atomic mass is 10.00. The molecule has 0 aliphatic heterocycles. The fraction of sp³-hybridized carbons (Fsp3) is 0.105. The van der Waals surface area contributed by atoms with Crippen molar-refractivity contribution in [1.82, 2.24) is 0 Å². The minimum absolute atomic E-state index is 0.140. The van der Waals surface area contributed by atoms with Crippen molar-refractivity contribution in [3.8, 4) is 0 Å². The molecule has 1 unspecified atom stereocenters. The van der Waals surface area contributed by atoms with Gasteiger partial charge in [-0.3, -0.25) is 9.59 Å². The largest absolute Gasteiger partial charge is 0.481 e. The number of carbonyl (C=O) groups is 2. The molecule has 1 heterocycles.